The molecule has 0 amide bonds. The second-order valence-electron chi connectivity index (χ2n) is 5.98. The molecule has 92 valence electrons. The maximum absolute atomic E-state index is 3.25. The Morgan fingerprint density at radius 1 is 1.13 bits per heavy atom. The molecule has 0 aromatic heterocycles. The molecule has 0 saturated heterocycles. The molecule has 0 aliphatic heterocycles. The van der Waals surface area contributed by atoms with E-state index in [0.29, 0.717) is 23.4 Å². The van der Waals surface area contributed by atoms with Crippen LogP contribution in [0.2, 0.25) is 0 Å². The molecule has 0 aromatic rings. The average molecular weight is 214 g/mol. The largest absolute Gasteiger partial charge is 0.319 e. The van der Waals surface area contributed by atoms with Crippen molar-refractivity contribution >= 4 is 0 Å². The molecule has 3 unspecified atom stereocenters. The highest BCUT2D eigenvalue weighted by atomic mass is 15.2. The first kappa shape index (κ1) is 14.9. The minimum Gasteiger partial charge on any atom is -0.319 e. The van der Waals surface area contributed by atoms with Crippen LogP contribution in [0, 0.1) is 11.3 Å². The zero-order valence-electron chi connectivity index (χ0n) is 11.9. The minimum absolute atomic E-state index is 0.350. The highest BCUT2D eigenvalue weighted by Gasteiger charge is 2.28. The lowest BCUT2D eigenvalue weighted by molar-refractivity contribution is 0.0801. The van der Waals surface area contributed by atoms with Crippen molar-refractivity contribution in [1.29, 1.82) is 0 Å². The van der Waals surface area contributed by atoms with Crippen LogP contribution in [0.3, 0.4) is 0 Å². The van der Waals surface area contributed by atoms with E-state index in [4.69, 9.17) is 0 Å². The van der Waals surface area contributed by atoms with Crippen molar-refractivity contribution in [2.45, 2.75) is 53.6 Å². The van der Waals surface area contributed by atoms with Crippen molar-refractivity contribution in [2.24, 2.45) is 11.3 Å². The number of hydrogen-bond donors (Lipinski definition) is 1. The Morgan fingerprint density at radius 3 is 1.93 bits per heavy atom. The summed E-state index contributed by atoms with van der Waals surface area (Å²) in [5.74, 6) is 0.685. The summed E-state index contributed by atoms with van der Waals surface area (Å²) in [6.07, 6.45) is 0. The molecule has 2 heteroatoms. The predicted molar refractivity (Wildman–Crippen MR) is 69.2 cm³/mol. The van der Waals surface area contributed by atoms with Gasteiger partial charge in [0.05, 0.1) is 0 Å². The van der Waals surface area contributed by atoms with Crippen LogP contribution in [-0.4, -0.2) is 37.6 Å². The predicted octanol–water partition coefficient (Wildman–Crippen LogP) is 2.60. The molecule has 0 aliphatic rings. The molecular weight excluding hydrogens is 184 g/mol. The third-order valence-electron chi connectivity index (χ3n) is 3.86. The van der Waals surface area contributed by atoms with Gasteiger partial charge in [0.15, 0.2) is 0 Å². The Balaban J connectivity index is 4.36. The molecule has 0 rings (SSSR count). The molecule has 0 radical (unpaired) electrons. The number of nitrogens with zero attached hydrogens (tertiary/aromatic N) is 1. The maximum atomic E-state index is 3.25. The summed E-state index contributed by atoms with van der Waals surface area (Å²) in [7, 11) is 4.27. The van der Waals surface area contributed by atoms with Crippen molar-refractivity contribution in [1.82, 2.24) is 10.2 Å². The van der Waals surface area contributed by atoms with Gasteiger partial charge in [-0.15, -0.1) is 0 Å². The fraction of sp³-hybridized carbons (Fsp3) is 1.00. The third-order valence-corrected chi connectivity index (χ3v) is 3.86. The smallest absolute Gasteiger partial charge is 0.0115 e. The van der Waals surface area contributed by atoms with Crippen LogP contribution in [0.5, 0.6) is 0 Å². The van der Waals surface area contributed by atoms with E-state index in [1.165, 1.54) is 0 Å². The molecule has 0 aliphatic carbocycles. The molecule has 3 atom stereocenters. The van der Waals surface area contributed by atoms with Crippen molar-refractivity contribution in [3.8, 4) is 0 Å². The minimum atomic E-state index is 0.350. The Morgan fingerprint density at radius 2 is 1.60 bits per heavy atom. The fourth-order valence-corrected chi connectivity index (χ4v) is 1.86. The van der Waals surface area contributed by atoms with Crippen molar-refractivity contribution in [3.05, 3.63) is 0 Å². The monoisotopic (exact) mass is 214 g/mol. The Kier molecular flexibility index (Phi) is 5.82. The molecule has 0 saturated carbocycles. The van der Waals surface area contributed by atoms with E-state index in [0.717, 1.165) is 6.54 Å². The molecule has 0 heterocycles. The first-order valence-corrected chi connectivity index (χ1v) is 6.08. The van der Waals surface area contributed by atoms with Crippen molar-refractivity contribution < 1.29 is 0 Å². The van der Waals surface area contributed by atoms with Gasteiger partial charge in [0.25, 0.3) is 0 Å². The van der Waals surface area contributed by atoms with Gasteiger partial charge in [-0.1, -0.05) is 27.7 Å². The van der Waals surface area contributed by atoms with Crippen LogP contribution < -0.4 is 5.32 Å². The first-order valence-electron chi connectivity index (χ1n) is 6.08. The lowest BCUT2D eigenvalue weighted by Gasteiger charge is -2.41. The first-order chi connectivity index (χ1) is 6.71. The second kappa shape index (κ2) is 5.86. The summed E-state index contributed by atoms with van der Waals surface area (Å²) in [6.45, 7) is 15.0. The molecular formula is C13H30N2. The van der Waals surface area contributed by atoms with Gasteiger partial charge < -0.3 is 10.2 Å². The van der Waals surface area contributed by atoms with E-state index in [-0.39, 0.29) is 0 Å². The van der Waals surface area contributed by atoms with Crippen LogP contribution in [0.1, 0.15) is 41.5 Å². The second-order valence-corrected chi connectivity index (χ2v) is 5.98. The topological polar surface area (TPSA) is 15.3 Å². The lowest BCUT2D eigenvalue weighted by Crippen LogP contribution is -2.47. The number of nitrogens with one attached hydrogen (secondary N) is 1. The summed E-state index contributed by atoms with van der Waals surface area (Å²) >= 11 is 0. The molecule has 0 fully saturated rings. The zero-order valence-corrected chi connectivity index (χ0v) is 11.9. The van der Waals surface area contributed by atoms with E-state index >= 15 is 0 Å². The molecule has 15 heavy (non-hydrogen) atoms. The van der Waals surface area contributed by atoms with Gasteiger partial charge in [0.2, 0.25) is 0 Å². The lowest BCUT2D eigenvalue weighted by atomic mass is 9.85. The fourth-order valence-electron chi connectivity index (χ4n) is 1.86. The van der Waals surface area contributed by atoms with E-state index in [1.54, 1.807) is 0 Å². The van der Waals surface area contributed by atoms with Gasteiger partial charge in [-0.2, -0.15) is 0 Å². The van der Waals surface area contributed by atoms with Crippen LogP contribution in [0.25, 0.3) is 0 Å². The third kappa shape index (κ3) is 4.52. The quantitative estimate of drug-likeness (QED) is 0.757. The SMILES string of the molecule is CNCC(C)C(C)N(C)C(C)C(C)(C)C. The average Bonchev–Trinajstić information content (AvgIpc) is 2.13. The summed E-state index contributed by atoms with van der Waals surface area (Å²) in [5, 5.41) is 3.25. The van der Waals surface area contributed by atoms with Gasteiger partial charge >= 0.3 is 0 Å². The Labute approximate surface area is 96.4 Å². The van der Waals surface area contributed by atoms with Gasteiger partial charge in [0, 0.05) is 12.1 Å². The van der Waals surface area contributed by atoms with E-state index in [9.17, 15) is 0 Å². The normalized spacial score (nSPS) is 19.0. The zero-order chi connectivity index (χ0) is 12.2. The molecule has 0 aromatic carbocycles. The summed E-state index contributed by atoms with van der Waals surface area (Å²) in [5.41, 5.74) is 0.350. The van der Waals surface area contributed by atoms with Crippen LogP contribution in [0.4, 0.5) is 0 Å². The molecule has 0 spiro atoms. The summed E-state index contributed by atoms with van der Waals surface area (Å²) in [6, 6.07) is 1.22. The maximum Gasteiger partial charge on any atom is 0.0115 e. The van der Waals surface area contributed by atoms with E-state index in [1.807, 2.05) is 7.05 Å². The van der Waals surface area contributed by atoms with Crippen LogP contribution in [0.15, 0.2) is 0 Å². The molecule has 1 N–H and O–H groups in total. The number of hydrogen-bond acceptors (Lipinski definition) is 2. The highest BCUT2D eigenvalue weighted by molar-refractivity contribution is 4.82. The Bertz CT molecular complexity index is 172. The molecule has 0 bridgehead atoms. The summed E-state index contributed by atoms with van der Waals surface area (Å²) < 4.78 is 0. The molecule has 2 nitrogen and oxygen atoms in total. The van der Waals surface area contributed by atoms with Gasteiger partial charge in [0.1, 0.15) is 0 Å². The van der Waals surface area contributed by atoms with Gasteiger partial charge in [-0.25, -0.2) is 0 Å². The number of rotatable bonds is 5. The standard InChI is InChI=1S/C13H30N2/c1-10(9-14-7)11(2)15(8)12(3)13(4,5)6/h10-12,14H,9H2,1-8H3. The van der Waals surface area contributed by atoms with Crippen LogP contribution >= 0.6 is 0 Å². The van der Waals surface area contributed by atoms with Gasteiger partial charge in [-0.3, -0.25) is 0 Å². The van der Waals surface area contributed by atoms with Crippen molar-refractivity contribution in [3.63, 3.8) is 0 Å². The van der Waals surface area contributed by atoms with E-state index < -0.39 is 0 Å². The Hall–Kier alpha value is -0.0800. The van der Waals surface area contributed by atoms with Crippen LogP contribution in [-0.2, 0) is 0 Å². The van der Waals surface area contributed by atoms with Crippen molar-refractivity contribution in [2.75, 3.05) is 20.6 Å². The van der Waals surface area contributed by atoms with Gasteiger partial charge in [-0.05, 0) is 45.8 Å². The van der Waals surface area contributed by atoms with E-state index in [2.05, 4.69) is 58.8 Å². The highest BCUT2D eigenvalue weighted by Crippen LogP contribution is 2.25. The summed E-state index contributed by atoms with van der Waals surface area (Å²) in [4.78, 5) is 2.50.